The van der Waals surface area contributed by atoms with Gasteiger partial charge in [-0.2, -0.15) is 9.78 Å². The molecule has 6 rings (SSSR count). The number of barbiturate groups is 1. The molecule has 1 spiro atoms. The molecule has 0 unspecified atom stereocenters. The van der Waals surface area contributed by atoms with Crippen LogP contribution in [0.2, 0.25) is 0 Å². The molecule has 33 heavy (non-hydrogen) atoms. The Labute approximate surface area is 185 Å². The summed E-state index contributed by atoms with van der Waals surface area (Å²) in [5.41, 5.74) is -1.15. The summed E-state index contributed by atoms with van der Waals surface area (Å²) >= 11 is 0. The monoisotopic (exact) mass is 455 g/mol. The molecular weight excluding hydrogens is 437 g/mol. The van der Waals surface area contributed by atoms with Crippen molar-refractivity contribution in [1.29, 1.82) is 0 Å². The Bertz CT molecular complexity index is 1320. The highest BCUT2D eigenvalue weighted by Gasteiger charge is 2.63. The second-order valence-electron chi connectivity index (χ2n) is 8.56. The van der Waals surface area contributed by atoms with Gasteiger partial charge in [0.05, 0.1) is 29.3 Å². The highest BCUT2D eigenvalue weighted by Crippen LogP contribution is 2.49. The molecule has 5 heterocycles. The van der Waals surface area contributed by atoms with Gasteiger partial charge in [0.1, 0.15) is 12.7 Å². The van der Waals surface area contributed by atoms with Gasteiger partial charge >= 0.3 is 6.03 Å². The number of hydrogen-bond donors (Lipinski definition) is 2. The van der Waals surface area contributed by atoms with Crippen LogP contribution < -0.4 is 15.5 Å². The van der Waals surface area contributed by atoms with Crippen molar-refractivity contribution in [2.75, 3.05) is 11.4 Å². The van der Waals surface area contributed by atoms with Crippen LogP contribution >= 0.6 is 0 Å². The van der Waals surface area contributed by atoms with Crippen LogP contribution in [0.5, 0.6) is 0 Å². The van der Waals surface area contributed by atoms with Gasteiger partial charge in [-0.25, -0.2) is 14.2 Å². The Balaban J connectivity index is 1.61. The molecule has 170 valence electrons. The van der Waals surface area contributed by atoms with Crippen molar-refractivity contribution in [2.24, 2.45) is 5.41 Å². The van der Waals surface area contributed by atoms with Gasteiger partial charge in [0.15, 0.2) is 11.2 Å². The van der Waals surface area contributed by atoms with E-state index >= 15 is 4.39 Å². The number of amides is 4. The van der Waals surface area contributed by atoms with Crippen LogP contribution in [0.25, 0.3) is 16.8 Å². The zero-order chi connectivity index (χ0) is 23.1. The molecule has 0 saturated carbocycles. The zero-order valence-corrected chi connectivity index (χ0v) is 17.5. The number of urea groups is 1. The number of carbonyl (C=O) groups is 3. The first-order valence-corrected chi connectivity index (χ1v) is 10.4. The van der Waals surface area contributed by atoms with E-state index in [9.17, 15) is 14.4 Å². The van der Waals surface area contributed by atoms with Gasteiger partial charge in [0.2, 0.25) is 23.2 Å². The number of nitrogens with zero attached hydrogens (tertiary/aromatic N) is 5. The van der Waals surface area contributed by atoms with Crippen LogP contribution in [-0.4, -0.2) is 62.6 Å². The maximum absolute atomic E-state index is 15.9. The molecule has 12 nitrogen and oxygen atoms in total. The predicted molar refractivity (Wildman–Crippen MR) is 108 cm³/mol. The average Bonchev–Trinajstić information content (AvgIpc) is 3.41. The maximum atomic E-state index is 15.9. The summed E-state index contributed by atoms with van der Waals surface area (Å²) in [6.45, 7) is 3.78. The number of ether oxygens (including phenoxy) is 1. The quantitative estimate of drug-likeness (QED) is 0.499. The predicted octanol–water partition coefficient (Wildman–Crippen LogP) is 0.438. The number of halogens is 1. The first-order chi connectivity index (χ1) is 15.8. The Hall–Kier alpha value is -3.87. The van der Waals surface area contributed by atoms with Crippen LogP contribution in [0.3, 0.4) is 0 Å². The minimum atomic E-state index is -1.70. The molecule has 4 amide bonds. The van der Waals surface area contributed by atoms with Crippen molar-refractivity contribution in [1.82, 2.24) is 30.6 Å². The van der Waals surface area contributed by atoms with Gasteiger partial charge in [0, 0.05) is 13.0 Å². The van der Waals surface area contributed by atoms with Crippen molar-refractivity contribution >= 4 is 34.5 Å². The van der Waals surface area contributed by atoms with E-state index in [1.54, 1.807) is 17.9 Å². The van der Waals surface area contributed by atoms with Gasteiger partial charge in [-0.05, 0) is 25.5 Å². The number of morpholine rings is 1. The lowest BCUT2D eigenvalue weighted by atomic mass is 9.66. The number of carbonyl (C=O) groups excluding carboxylic acids is 3. The summed E-state index contributed by atoms with van der Waals surface area (Å²) in [7, 11) is 0. The Morgan fingerprint density at radius 3 is 2.67 bits per heavy atom. The van der Waals surface area contributed by atoms with Crippen LogP contribution in [0.4, 0.5) is 14.9 Å². The molecule has 2 fully saturated rings. The smallest absolute Gasteiger partial charge is 0.328 e. The highest BCUT2D eigenvalue weighted by atomic mass is 19.1. The average molecular weight is 455 g/mol. The zero-order valence-electron chi connectivity index (χ0n) is 17.5. The topological polar surface area (TPSA) is 144 Å². The molecule has 13 heteroatoms. The van der Waals surface area contributed by atoms with Gasteiger partial charge in [-0.3, -0.25) is 20.2 Å². The lowest BCUT2D eigenvalue weighted by Crippen LogP contribution is -2.75. The summed E-state index contributed by atoms with van der Waals surface area (Å²) in [5.74, 6) is -1.93. The number of fused-ring (bicyclic) bond motifs is 5. The highest BCUT2D eigenvalue weighted by molar-refractivity contribution is 6.20. The van der Waals surface area contributed by atoms with E-state index in [0.29, 0.717) is 10.9 Å². The minimum Gasteiger partial charge on any atom is -0.372 e. The van der Waals surface area contributed by atoms with E-state index in [2.05, 4.69) is 25.9 Å². The number of nitrogens with one attached hydrogen (secondary N) is 2. The molecule has 2 saturated heterocycles. The van der Waals surface area contributed by atoms with E-state index in [4.69, 9.17) is 9.26 Å². The Morgan fingerprint density at radius 1 is 1.21 bits per heavy atom. The van der Waals surface area contributed by atoms with E-state index in [1.165, 1.54) is 17.3 Å². The number of imide groups is 2. The van der Waals surface area contributed by atoms with Crippen LogP contribution in [-0.2, 0) is 20.7 Å². The van der Waals surface area contributed by atoms with E-state index in [0.717, 1.165) is 0 Å². The fraction of sp³-hybridized carbons (Fsp3) is 0.400. The third-order valence-corrected chi connectivity index (χ3v) is 6.58. The van der Waals surface area contributed by atoms with Crippen molar-refractivity contribution in [2.45, 2.75) is 38.5 Å². The van der Waals surface area contributed by atoms with Gasteiger partial charge in [-0.1, -0.05) is 5.16 Å². The lowest BCUT2D eigenvalue weighted by molar-refractivity contribution is -0.153. The molecule has 3 aliphatic heterocycles. The minimum absolute atomic E-state index is 0.0755. The second-order valence-corrected chi connectivity index (χ2v) is 8.56. The number of benzene rings is 1. The Kier molecular flexibility index (Phi) is 3.94. The van der Waals surface area contributed by atoms with Crippen LogP contribution in [0, 0.1) is 11.2 Å². The summed E-state index contributed by atoms with van der Waals surface area (Å²) < 4.78 is 28.5. The van der Waals surface area contributed by atoms with E-state index < -0.39 is 41.2 Å². The normalized spacial score (nSPS) is 26.2. The number of aromatic nitrogens is 4. The molecule has 1 aromatic carbocycles. The molecule has 0 bridgehead atoms. The summed E-state index contributed by atoms with van der Waals surface area (Å²) in [6, 6.07) is -0.0973. The molecule has 2 aromatic heterocycles. The van der Waals surface area contributed by atoms with Crippen molar-refractivity contribution in [3.63, 3.8) is 0 Å². The third kappa shape index (κ3) is 2.53. The molecule has 3 aromatic rings. The first kappa shape index (κ1) is 19.8. The van der Waals surface area contributed by atoms with Crippen LogP contribution in [0.1, 0.15) is 19.4 Å². The van der Waals surface area contributed by atoms with E-state index in [1.807, 2.05) is 6.92 Å². The van der Waals surface area contributed by atoms with Gasteiger partial charge in [0.25, 0.3) is 0 Å². The molecule has 0 aliphatic carbocycles. The molecule has 3 aliphatic rings. The lowest BCUT2D eigenvalue weighted by Gasteiger charge is -2.55. The van der Waals surface area contributed by atoms with Gasteiger partial charge in [-0.15, -0.1) is 0 Å². The molecule has 2 N–H and O–H groups in total. The van der Waals surface area contributed by atoms with Crippen molar-refractivity contribution in [3.8, 4) is 5.82 Å². The SMILES string of the molecule is C[C@@H]1CN2c3c(cc4c(-n5cncn5)noc4c3F)CC3(C(=O)NC(=O)NC3=O)[C@@H]2[C@@H](C)O1. The fourth-order valence-electron chi connectivity index (χ4n) is 5.42. The Morgan fingerprint density at radius 2 is 1.97 bits per heavy atom. The molecule has 3 atom stereocenters. The maximum Gasteiger partial charge on any atom is 0.328 e. The number of rotatable bonds is 1. The third-order valence-electron chi connectivity index (χ3n) is 6.58. The molecular formula is C20H18FN7O5. The number of hydrogen-bond acceptors (Lipinski definition) is 9. The fourth-order valence-corrected chi connectivity index (χ4v) is 5.42. The summed E-state index contributed by atoms with van der Waals surface area (Å²) in [4.78, 5) is 43.8. The van der Waals surface area contributed by atoms with Crippen molar-refractivity contribution in [3.05, 3.63) is 30.1 Å². The first-order valence-electron chi connectivity index (χ1n) is 10.4. The summed E-state index contributed by atoms with van der Waals surface area (Å²) in [5, 5.41) is 12.7. The number of anilines is 1. The van der Waals surface area contributed by atoms with Gasteiger partial charge < -0.3 is 14.2 Å². The standard InChI is InChI=1S/C20H18FN7O5/c1-8-5-27-13-10(3-11-14(12(13)21)33-26-16(11)28-7-22-6-23-28)4-20(15(27)9(2)32-8)17(29)24-19(31)25-18(20)30/h3,6-9,15H,4-5H2,1-2H3,(H2,24,25,29,30,31)/t8-,9-,15+/m1/s1. The van der Waals surface area contributed by atoms with Crippen LogP contribution in [0.15, 0.2) is 23.2 Å². The summed E-state index contributed by atoms with van der Waals surface area (Å²) in [6.07, 6.45) is 1.64. The second kappa shape index (κ2) is 6.57. The largest absolute Gasteiger partial charge is 0.372 e. The molecule has 0 radical (unpaired) electrons. The van der Waals surface area contributed by atoms with E-state index in [-0.39, 0.29) is 36.2 Å². The van der Waals surface area contributed by atoms with Crippen molar-refractivity contribution < 1.29 is 28.0 Å².